The SMILES string of the molecule is O=c1[nH]cnc2ccc(NC3CCCCC3N3CCOCC3)nc12. The van der Waals surface area contributed by atoms with Gasteiger partial charge in [-0.2, -0.15) is 0 Å². The van der Waals surface area contributed by atoms with Crippen molar-refractivity contribution in [2.45, 2.75) is 37.8 Å². The molecule has 0 radical (unpaired) electrons. The predicted molar refractivity (Wildman–Crippen MR) is 92.2 cm³/mol. The van der Waals surface area contributed by atoms with Gasteiger partial charge in [-0.15, -0.1) is 0 Å². The van der Waals surface area contributed by atoms with E-state index in [1.807, 2.05) is 12.1 Å². The number of pyridine rings is 1. The van der Waals surface area contributed by atoms with E-state index in [1.165, 1.54) is 25.6 Å². The quantitative estimate of drug-likeness (QED) is 0.885. The van der Waals surface area contributed by atoms with E-state index >= 15 is 0 Å². The number of H-pyrrole nitrogens is 1. The fourth-order valence-corrected chi connectivity index (χ4v) is 3.85. The van der Waals surface area contributed by atoms with E-state index in [-0.39, 0.29) is 5.56 Å². The van der Waals surface area contributed by atoms with Crippen molar-refractivity contribution in [1.82, 2.24) is 19.9 Å². The normalized spacial score (nSPS) is 25.7. The standard InChI is InChI=1S/C17H23N5O2/c23-17-16-13(18-11-19-17)5-6-15(21-16)20-12-3-1-2-4-14(12)22-7-9-24-10-8-22/h5-6,11-12,14H,1-4,7-10H2,(H,20,21)(H,18,19,23). The Kier molecular flexibility index (Phi) is 4.44. The number of morpholine rings is 1. The van der Waals surface area contributed by atoms with Gasteiger partial charge in [0.1, 0.15) is 5.82 Å². The second-order valence-electron chi connectivity index (χ2n) is 6.55. The topological polar surface area (TPSA) is 83.1 Å². The van der Waals surface area contributed by atoms with Gasteiger partial charge in [0.15, 0.2) is 5.52 Å². The number of aromatic amines is 1. The van der Waals surface area contributed by atoms with E-state index in [0.717, 1.165) is 38.5 Å². The Morgan fingerprint density at radius 1 is 1.21 bits per heavy atom. The summed E-state index contributed by atoms with van der Waals surface area (Å²) in [6, 6.07) is 4.64. The highest BCUT2D eigenvalue weighted by Crippen LogP contribution is 2.26. The maximum atomic E-state index is 11.9. The molecule has 1 saturated carbocycles. The third-order valence-corrected chi connectivity index (χ3v) is 5.07. The summed E-state index contributed by atoms with van der Waals surface area (Å²) in [4.78, 5) is 25.7. The fraction of sp³-hybridized carbons (Fsp3) is 0.588. The van der Waals surface area contributed by atoms with Gasteiger partial charge in [0.25, 0.3) is 5.56 Å². The molecule has 1 saturated heterocycles. The molecule has 2 N–H and O–H groups in total. The number of nitrogens with one attached hydrogen (secondary N) is 2. The minimum atomic E-state index is -0.197. The molecule has 1 aliphatic carbocycles. The first-order valence-corrected chi connectivity index (χ1v) is 8.74. The summed E-state index contributed by atoms with van der Waals surface area (Å²) < 4.78 is 5.49. The minimum Gasteiger partial charge on any atom is -0.379 e. The van der Waals surface area contributed by atoms with Crippen molar-refractivity contribution in [3.8, 4) is 0 Å². The molecule has 7 heteroatoms. The Morgan fingerprint density at radius 3 is 2.92 bits per heavy atom. The molecular weight excluding hydrogens is 306 g/mol. The smallest absolute Gasteiger partial charge is 0.277 e. The lowest BCUT2D eigenvalue weighted by molar-refractivity contribution is 0.00557. The van der Waals surface area contributed by atoms with Gasteiger partial charge in [-0.25, -0.2) is 9.97 Å². The summed E-state index contributed by atoms with van der Waals surface area (Å²) in [7, 11) is 0. The Morgan fingerprint density at radius 2 is 2.04 bits per heavy atom. The van der Waals surface area contributed by atoms with Crippen LogP contribution in [0, 0.1) is 0 Å². The summed E-state index contributed by atoms with van der Waals surface area (Å²) in [5, 5.41) is 3.57. The van der Waals surface area contributed by atoms with Gasteiger partial charge >= 0.3 is 0 Å². The molecule has 3 heterocycles. The summed E-state index contributed by atoms with van der Waals surface area (Å²) in [6.45, 7) is 3.63. The largest absolute Gasteiger partial charge is 0.379 e. The van der Waals surface area contributed by atoms with Gasteiger partial charge in [-0.05, 0) is 25.0 Å². The van der Waals surface area contributed by atoms with E-state index in [4.69, 9.17) is 4.74 Å². The average molecular weight is 329 g/mol. The van der Waals surface area contributed by atoms with Gasteiger partial charge in [0.05, 0.1) is 25.1 Å². The summed E-state index contributed by atoms with van der Waals surface area (Å²) >= 11 is 0. The first kappa shape index (κ1) is 15.5. The molecule has 2 unspecified atom stereocenters. The molecule has 0 aromatic carbocycles. The first-order chi connectivity index (χ1) is 11.8. The van der Waals surface area contributed by atoms with E-state index in [1.54, 1.807) is 0 Å². The fourth-order valence-electron chi connectivity index (χ4n) is 3.85. The first-order valence-electron chi connectivity index (χ1n) is 8.74. The van der Waals surface area contributed by atoms with Crippen LogP contribution in [0.25, 0.3) is 11.0 Å². The van der Waals surface area contributed by atoms with Gasteiger partial charge in [0.2, 0.25) is 0 Å². The zero-order chi connectivity index (χ0) is 16.4. The molecular formula is C17H23N5O2. The lowest BCUT2D eigenvalue weighted by Gasteiger charge is -2.42. The van der Waals surface area contributed by atoms with Gasteiger partial charge in [-0.1, -0.05) is 12.8 Å². The molecule has 0 amide bonds. The zero-order valence-electron chi connectivity index (χ0n) is 13.7. The molecule has 0 bridgehead atoms. The van der Waals surface area contributed by atoms with E-state index in [0.29, 0.717) is 23.1 Å². The molecule has 7 nitrogen and oxygen atoms in total. The van der Waals surface area contributed by atoms with Crippen LogP contribution in [0.2, 0.25) is 0 Å². The van der Waals surface area contributed by atoms with Crippen molar-refractivity contribution in [2.24, 2.45) is 0 Å². The highest BCUT2D eigenvalue weighted by atomic mass is 16.5. The van der Waals surface area contributed by atoms with Crippen molar-refractivity contribution in [3.63, 3.8) is 0 Å². The Bertz CT molecular complexity index is 756. The van der Waals surface area contributed by atoms with E-state index < -0.39 is 0 Å². The minimum absolute atomic E-state index is 0.197. The number of nitrogens with zero attached hydrogens (tertiary/aromatic N) is 3. The van der Waals surface area contributed by atoms with E-state index in [2.05, 4.69) is 25.2 Å². The summed E-state index contributed by atoms with van der Waals surface area (Å²) in [5.41, 5.74) is 0.816. The van der Waals surface area contributed by atoms with Crippen LogP contribution in [-0.2, 0) is 4.74 Å². The van der Waals surface area contributed by atoms with Crippen molar-refractivity contribution in [2.75, 3.05) is 31.6 Å². The van der Waals surface area contributed by atoms with Crippen LogP contribution in [0.1, 0.15) is 25.7 Å². The summed E-state index contributed by atoms with van der Waals surface area (Å²) in [6.07, 6.45) is 6.25. The third-order valence-electron chi connectivity index (χ3n) is 5.07. The number of anilines is 1. The number of ether oxygens (including phenoxy) is 1. The van der Waals surface area contributed by atoms with Crippen LogP contribution < -0.4 is 10.9 Å². The molecule has 2 fully saturated rings. The average Bonchev–Trinajstić information content (AvgIpc) is 2.64. The van der Waals surface area contributed by atoms with Crippen molar-refractivity contribution in [3.05, 3.63) is 28.8 Å². The lowest BCUT2D eigenvalue weighted by atomic mass is 9.89. The molecule has 4 rings (SSSR count). The number of hydrogen-bond donors (Lipinski definition) is 2. The van der Waals surface area contributed by atoms with Gasteiger partial charge < -0.3 is 15.0 Å². The zero-order valence-corrected chi connectivity index (χ0v) is 13.7. The summed E-state index contributed by atoms with van der Waals surface area (Å²) in [5.74, 6) is 0.756. The van der Waals surface area contributed by atoms with Crippen LogP contribution in [0.15, 0.2) is 23.3 Å². The van der Waals surface area contributed by atoms with Gasteiger partial charge in [0, 0.05) is 25.2 Å². The number of hydrogen-bond acceptors (Lipinski definition) is 6. The molecule has 0 spiro atoms. The van der Waals surface area contributed by atoms with Crippen molar-refractivity contribution < 1.29 is 4.74 Å². The molecule has 128 valence electrons. The van der Waals surface area contributed by atoms with Crippen LogP contribution in [0.4, 0.5) is 5.82 Å². The molecule has 1 aliphatic heterocycles. The maximum absolute atomic E-state index is 11.9. The van der Waals surface area contributed by atoms with Crippen LogP contribution >= 0.6 is 0 Å². The van der Waals surface area contributed by atoms with Crippen molar-refractivity contribution >= 4 is 16.9 Å². The Balaban J connectivity index is 1.56. The monoisotopic (exact) mass is 329 g/mol. The lowest BCUT2D eigenvalue weighted by Crippen LogP contribution is -2.52. The van der Waals surface area contributed by atoms with Gasteiger partial charge in [-0.3, -0.25) is 9.69 Å². The predicted octanol–water partition coefficient (Wildman–Crippen LogP) is 1.37. The molecule has 24 heavy (non-hydrogen) atoms. The number of fused-ring (bicyclic) bond motifs is 1. The molecule has 2 atom stereocenters. The van der Waals surface area contributed by atoms with Crippen LogP contribution in [0.5, 0.6) is 0 Å². The highest BCUT2D eigenvalue weighted by Gasteiger charge is 2.31. The van der Waals surface area contributed by atoms with E-state index in [9.17, 15) is 4.79 Å². The molecule has 2 aliphatic rings. The highest BCUT2D eigenvalue weighted by molar-refractivity contribution is 5.74. The van der Waals surface area contributed by atoms with Crippen molar-refractivity contribution in [1.29, 1.82) is 0 Å². The second kappa shape index (κ2) is 6.86. The van der Waals surface area contributed by atoms with Crippen LogP contribution in [-0.4, -0.2) is 58.2 Å². The number of aromatic nitrogens is 3. The Hall–Kier alpha value is -1.99. The third kappa shape index (κ3) is 3.14. The number of rotatable bonds is 3. The molecule has 2 aromatic heterocycles. The maximum Gasteiger partial charge on any atom is 0.277 e. The molecule has 2 aromatic rings. The van der Waals surface area contributed by atoms with Crippen LogP contribution in [0.3, 0.4) is 0 Å². The second-order valence-corrected chi connectivity index (χ2v) is 6.55. The Labute approximate surface area is 140 Å².